The zero-order valence-electron chi connectivity index (χ0n) is 9.95. The summed E-state index contributed by atoms with van der Waals surface area (Å²) in [4.78, 5) is 2.53. The van der Waals surface area contributed by atoms with Gasteiger partial charge in [0.1, 0.15) is 0 Å². The Labute approximate surface area is 97.6 Å². The third kappa shape index (κ3) is 1.66. The maximum absolute atomic E-state index is 3.53. The molecule has 86 valence electrons. The van der Waals surface area contributed by atoms with Crippen LogP contribution in [0, 0.1) is 0 Å². The van der Waals surface area contributed by atoms with E-state index in [2.05, 4.69) is 41.5 Å². The van der Waals surface area contributed by atoms with Crippen molar-refractivity contribution in [3.63, 3.8) is 0 Å². The van der Waals surface area contributed by atoms with Crippen LogP contribution < -0.4 is 5.32 Å². The highest BCUT2D eigenvalue weighted by atomic mass is 15.2. The van der Waals surface area contributed by atoms with Gasteiger partial charge in [0.25, 0.3) is 0 Å². The minimum Gasteiger partial charge on any atom is -0.314 e. The number of benzene rings is 1. The van der Waals surface area contributed by atoms with Crippen molar-refractivity contribution in [2.24, 2.45) is 0 Å². The van der Waals surface area contributed by atoms with Gasteiger partial charge in [0.2, 0.25) is 0 Å². The van der Waals surface area contributed by atoms with E-state index >= 15 is 0 Å². The standard InChI is InChI=1S/C14H20N2/c1-16-9-8-15-10-14(16)13-7-6-11-4-2-3-5-12(11)13/h2-5,13-15H,6-10H2,1H3. The summed E-state index contributed by atoms with van der Waals surface area (Å²) in [5.41, 5.74) is 3.18. The van der Waals surface area contributed by atoms with E-state index in [1.54, 1.807) is 11.1 Å². The molecule has 0 bridgehead atoms. The first-order valence-electron chi connectivity index (χ1n) is 6.35. The van der Waals surface area contributed by atoms with Crippen LogP contribution in [0.3, 0.4) is 0 Å². The van der Waals surface area contributed by atoms with Gasteiger partial charge in [0.15, 0.2) is 0 Å². The van der Waals surface area contributed by atoms with Gasteiger partial charge in [-0.2, -0.15) is 0 Å². The molecule has 0 saturated carbocycles. The van der Waals surface area contributed by atoms with E-state index in [1.807, 2.05) is 0 Å². The predicted molar refractivity (Wildman–Crippen MR) is 66.8 cm³/mol. The molecule has 2 aliphatic rings. The zero-order valence-corrected chi connectivity index (χ0v) is 9.95. The van der Waals surface area contributed by atoms with Gasteiger partial charge in [-0.05, 0) is 31.0 Å². The SMILES string of the molecule is CN1CCNCC1C1CCc2ccccc21. The molecule has 2 unspecified atom stereocenters. The predicted octanol–water partition coefficient (Wildman–Crippen LogP) is 1.62. The Kier molecular flexibility index (Phi) is 2.70. The van der Waals surface area contributed by atoms with E-state index in [4.69, 9.17) is 0 Å². The lowest BCUT2D eigenvalue weighted by Gasteiger charge is -2.37. The molecule has 0 aromatic heterocycles. The first-order valence-corrected chi connectivity index (χ1v) is 6.35. The molecule has 1 aliphatic carbocycles. The molecule has 0 spiro atoms. The van der Waals surface area contributed by atoms with Crippen molar-refractivity contribution in [1.82, 2.24) is 10.2 Å². The zero-order chi connectivity index (χ0) is 11.0. The van der Waals surface area contributed by atoms with Crippen molar-refractivity contribution in [1.29, 1.82) is 0 Å². The van der Waals surface area contributed by atoms with Crippen molar-refractivity contribution in [3.8, 4) is 0 Å². The summed E-state index contributed by atoms with van der Waals surface area (Å²) >= 11 is 0. The van der Waals surface area contributed by atoms with Crippen LogP contribution in [-0.2, 0) is 6.42 Å². The molecule has 1 fully saturated rings. The summed E-state index contributed by atoms with van der Waals surface area (Å²) in [5, 5.41) is 3.53. The molecule has 1 heterocycles. The van der Waals surface area contributed by atoms with E-state index < -0.39 is 0 Å². The van der Waals surface area contributed by atoms with Gasteiger partial charge in [0, 0.05) is 31.6 Å². The van der Waals surface area contributed by atoms with Crippen molar-refractivity contribution in [2.75, 3.05) is 26.7 Å². The van der Waals surface area contributed by atoms with E-state index in [-0.39, 0.29) is 0 Å². The maximum atomic E-state index is 3.53. The summed E-state index contributed by atoms with van der Waals surface area (Å²) in [6.45, 7) is 3.47. The molecule has 3 rings (SSSR count). The largest absolute Gasteiger partial charge is 0.314 e. The fourth-order valence-electron chi connectivity index (χ4n) is 3.27. The van der Waals surface area contributed by atoms with E-state index in [0.717, 1.165) is 19.0 Å². The lowest BCUT2D eigenvalue weighted by atomic mass is 9.91. The fraction of sp³-hybridized carbons (Fsp3) is 0.571. The van der Waals surface area contributed by atoms with Crippen molar-refractivity contribution in [2.45, 2.75) is 24.8 Å². The fourth-order valence-corrected chi connectivity index (χ4v) is 3.27. The maximum Gasteiger partial charge on any atom is 0.0286 e. The van der Waals surface area contributed by atoms with Crippen LogP contribution in [0.5, 0.6) is 0 Å². The highest BCUT2D eigenvalue weighted by Gasteiger charge is 2.32. The molecule has 2 nitrogen and oxygen atoms in total. The van der Waals surface area contributed by atoms with Crippen LogP contribution in [-0.4, -0.2) is 37.6 Å². The van der Waals surface area contributed by atoms with Gasteiger partial charge in [-0.15, -0.1) is 0 Å². The molecule has 2 atom stereocenters. The van der Waals surface area contributed by atoms with Crippen LogP contribution in [0.15, 0.2) is 24.3 Å². The summed E-state index contributed by atoms with van der Waals surface area (Å²) < 4.78 is 0. The molecular formula is C14H20N2. The Morgan fingerprint density at radius 1 is 1.31 bits per heavy atom. The van der Waals surface area contributed by atoms with Crippen LogP contribution in [0.2, 0.25) is 0 Å². The number of likely N-dealkylation sites (N-methyl/N-ethyl adjacent to an activating group) is 1. The number of hydrogen-bond donors (Lipinski definition) is 1. The summed E-state index contributed by atoms with van der Waals surface area (Å²) in [6, 6.07) is 9.68. The van der Waals surface area contributed by atoms with Crippen molar-refractivity contribution >= 4 is 0 Å². The first-order chi connectivity index (χ1) is 7.86. The van der Waals surface area contributed by atoms with Crippen molar-refractivity contribution < 1.29 is 0 Å². The van der Waals surface area contributed by atoms with Gasteiger partial charge in [-0.1, -0.05) is 24.3 Å². The minimum atomic E-state index is 0.692. The molecular weight excluding hydrogens is 196 g/mol. The molecule has 1 saturated heterocycles. The lowest BCUT2D eigenvalue weighted by Crippen LogP contribution is -2.51. The average Bonchev–Trinajstić information content (AvgIpc) is 2.74. The number of nitrogens with zero attached hydrogens (tertiary/aromatic N) is 1. The van der Waals surface area contributed by atoms with Gasteiger partial charge in [0.05, 0.1) is 0 Å². The molecule has 0 amide bonds. The topological polar surface area (TPSA) is 15.3 Å². The Morgan fingerprint density at radius 2 is 2.19 bits per heavy atom. The van der Waals surface area contributed by atoms with Gasteiger partial charge < -0.3 is 10.2 Å². The molecule has 1 aromatic rings. The molecule has 1 N–H and O–H groups in total. The Morgan fingerprint density at radius 3 is 3.06 bits per heavy atom. The molecule has 1 aliphatic heterocycles. The summed E-state index contributed by atoms with van der Waals surface area (Å²) in [6.07, 6.45) is 2.60. The normalized spacial score (nSPS) is 30.3. The van der Waals surface area contributed by atoms with Crippen molar-refractivity contribution in [3.05, 3.63) is 35.4 Å². The number of fused-ring (bicyclic) bond motifs is 1. The highest BCUT2D eigenvalue weighted by Crippen LogP contribution is 2.37. The molecule has 1 aromatic carbocycles. The Bertz CT molecular complexity index is 375. The van der Waals surface area contributed by atoms with Gasteiger partial charge in [-0.3, -0.25) is 0 Å². The lowest BCUT2D eigenvalue weighted by molar-refractivity contribution is 0.172. The molecule has 2 heteroatoms. The second-order valence-corrected chi connectivity index (χ2v) is 5.10. The molecule has 0 radical (unpaired) electrons. The third-order valence-corrected chi connectivity index (χ3v) is 4.20. The quantitative estimate of drug-likeness (QED) is 0.767. The summed E-state index contributed by atoms with van der Waals surface area (Å²) in [5.74, 6) is 0.744. The monoisotopic (exact) mass is 216 g/mol. The third-order valence-electron chi connectivity index (χ3n) is 4.20. The second-order valence-electron chi connectivity index (χ2n) is 5.10. The second kappa shape index (κ2) is 4.19. The number of piperazine rings is 1. The molecule has 16 heavy (non-hydrogen) atoms. The Hall–Kier alpha value is -0.860. The number of nitrogens with one attached hydrogen (secondary N) is 1. The van der Waals surface area contributed by atoms with E-state index in [1.165, 1.54) is 19.4 Å². The van der Waals surface area contributed by atoms with Gasteiger partial charge in [-0.25, -0.2) is 0 Å². The minimum absolute atomic E-state index is 0.692. The highest BCUT2D eigenvalue weighted by molar-refractivity contribution is 5.36. The number of rotatable bonds is 1. The van der Waals surface area contributed by atoms with Crippen LogP contribution >= 0.6 is 0 Å². The van der Waals surface area contributed by atoms with Crippen LogP contribution in [0.25, 0.3) is 0 Å². The Balaban J connectivity index is 1.86. The average molecular weight is 216 g/mol. The first kappa shape index (κ1) is 10.3. The van der Waals surface area contributed by atoms with E-state index in [9.17, 15) is 0 Å². The van der Waals surface area contributed by atoms with E-state index in [0.29, 0.717) is 6.04 Å². The summed E-state index contributed by atoms with van der Waals surface area (Å²) in [7, 11) is 2.27. The van der Waals surface area contributed by atoms with Gasteiger partial charge >= 0.3 is 0 Å². The van der Waals surface area contributed by atoms with Crippen LogP contribution in [0.4, 0.5) is 0 Å². The number of aryl methyl sites for hydroxylation is 1. The number of hydrogen-bond acceptors (Lipinski definition) is 2. The van der Waals surface area contributed by atoms with Crippen LogP contribution in [0.1, 0.15) is 23.5 Å². The smallest absolute Gasteiger partial charge is 0.0286 e.